The van der Waals surface area contributed by atoms with Crippen LogP contribution in [0.5, 0.6) is 0 Å². The molecule has 3 nitrogen and oxygen atoms in total. The average molecular weight is 271 g/mol. The third-order valence-electron chi connectivity index (χ3n) is 3.09. The molecule has 0 amide bonds. The molecular weight excluding hydrogens is 260 g/mol. The smallest absolute Gasteiger partial charge is 0.260 e. The highest BCUT2D eigenvalue weighted by Gasteiger charge is 2.10. The molecule has 1 aromatic carbocycles. The molecule has 0 aliphatic carbocycles. The highest BCUT2D eigenvalue weighted by molar-refractivity contribution is 6.31. The van der Waals surface area contributed by atoms with Gasteiger partial charge in [-0.25, -0.2) is 4.98 Å². The summed E-state index contributed by atoms with van der Waals surface area (Å²) in [6.45, 7) is 4.11. The van der Waals surface area contributed by atoms with Gasteiger partial charge in [0.2, 0.25) is 0 Å². The number of aromatic nitrogens is 2. The molecule has 0 aliphatic heterocycles. The van der Waals surface area contributed by atoms with Crippen LogP contribution in [0.3, 0.4) is 0 Å². The lowest BCUT2D eigenvalue weighted by molar-refractivity contribution is 0.814. The van der Waals surface area contributed by atoms with Gasteiger partial charge in [-0.2, -0.15) is 0 Å². The number of pyridine rings is 2. The van der Waals surface area contributed by atoms with Crippen molar-refractivity contribution in [1.82, 2.24) is 9.55 Å². The second-order valence-corrected chi connectivity index (χ2v) is 4.71. The van der Waals surface area contributed by atoms with Gasteiger partial charge in [0, 0.05) is 23.5 Å². The van der Waals surface area contributed by atoms with Gasteiger partial charge in [-0.15, -0.1) is 6.58 Å². The Morgan fingerprint density at radius 1 is 1.26 bits per heavy atom. The maximum absolute atomic E-state index is 12.5. The predicted molar refractivity (Wildman–Crippen MR) is 78.7 cm³/mol. The second-order valence-electron chi connectivity index (χ2n) is 4.27. The number of fused-ring (bicyclic) bond motifs is 3. The van der Waals surface area contributed by atoms with Gasteiger partial charge in [-0.1, -0.05) is 35.9 Å². The van der Waals surface area contributed by atoms with Crippen molar-refractivity contribution in [3.8, 4) is 0 Å². The Labute approximate surface area is 114 Å². The van der Waals surface area contributed by atoms with E-state index < -0.39 is 0 Å². The standard InChI is InChI=1S/C15H11ClN2O/c1-2-7-18-14-13(8-10(16)9-17-14)11-5-3-4-6-12(11)15(18)19/h2-6,8-9H,1,7H2. The molecule has 0 bridgehead atoms. The van der Waals surface area contributed by atoms with Crippen molar-refractivity contribution in [2.45, 2.75) is 6.54 Å². The van der Waals surface area contributed by atoms with Crippen LogP contribution in [0.15, 0.2) is 54.0 Å². The second kappa shape index (κ2) is 4.52. The fourth-order valence-corrected chi connectivity index (χ4v) is 2.45. The van der Waals surface area contributed by atoms with E-state index in [-0.39, 0.29) is 5.56 Å². The zero-order chi connectivity index (χ0) is 13.4. The Bertz CT molecular complexity index is 852. The minimum atomic E-state index is -0.0576. The molecule has 0 aliphatic rings. The topological polar surface area (TPSA) is 34.9 Å². The van der Waals surface area contributed by atoms with Crippen LogP contribution in [0.4, 0.5) is 0 Å². The Kier molecular flexibility index (Phi) is 2.84. The minimum absolute atomic E-state index is 0.0576. The van der Waals surface area contributed by atoms with Crippen molar-refractivity contribution < 1.29 is 0 Å². The van der Waals surface area contributed by atoms with Crippen LogP contribution in [-0.4, -0.2) is 9.55 Å². The maximum Gasteiger partial charge on any atom is 0.260 e. The van der Waals surface area contributed by atoms with Crippen LogP contribution in [-0.2, 0) is 6.54 Å². The molecule has 0 fully saturated rings. The Balaban J connectivity index is 2.61. The number of rotatable bonds is 2. The van der Waals surface area contributed by atoms with E-state index in [9.17, 15) is 4.79 Å². The molecule has 19 heavy (non-hydrogen) atoms. The molecule has 0 radical (unpaired) electrons. The van der Waals surface area contributed by atoms with Crippen molar-refractivity contribution >= 4 is 33.4 Å². The van der Waals surface area contributed by atoms with Crippen LogP contribution in [0.25, 0.3) is 21.8 Å². The summed E-state index contributed by atoms with van der Waals surface area (Å²) in [6, 6.07) is 9.32. The third-order valence-corrected chi connectivity index (χ3v) is 3.30. The number of hydrogen-bond acceptors (Lipinski definition) is 2. The summed E-state index contributed by atoms with van der Waals surface area (Å²) >= 11 is 6.02. The quantitative estimate of drug-likeness (QED) is 0.528. The van der Waals surface area contributed by atoms with Crippen LogP contribution in [0.2, 0.25) is 5.02 Å². The van der Waals surface area contributed by atoms with Gasteiger partial charge >= 0.3 is 0 Å². The average Bonchev–Trinajstić information content (AvgIpc) is 2.44. The van der Waals surface area contributed by atoms with Gasteiger partial charge in [0.05, 0.1) is 5.02 Å². The zero-order valence-corrected chi connectivity index (χ0v) is 10.9. The number of benzene rings is 1. The fourth-order valence-electron chi connectivity index (χ4n) is 2.29. The van der Waals surface area contributed by atoms with E-state index in [0.29, 0.717) is 22.6 Å². The molecule has 2 heterocycles. The first kappa shape index (κ1) is 11.9. The first-order chi connectivity index (χ1) is 9.22. The molecule has 2 aromatic heterocycles. The number of halogens is 1. The summed E-state index contributed by atoms with van der Waals surface area (Å²) in [7, 11) is 0. The molecule has 94 valence electrons. The highest BCUT2D eigenvalue weighted by atomic mass is 35.5. The normalized spacial score (nSPS) is 11.0. The molecular formula is C15H11ClN2O. The van der Waals surface area contributed by atoms with Crippen molar-refractivity contribution in [3.05, 3.63) is 64.6 Å². The lowest BCUT2D eigenvalue weighted by atomic mass is 10.1. The Morgan fingerprint density at radius 3 is 2.74 bits per heavy atom. The monoisotopic (exact) mass is 270 g/mol. The van der Waals surface area contributed by atoms with Crippen LogP contribution < -0.4 is 5.56 Å². The van der Waals surface area contributed by atoms with Gasteiger partial charge < -0.3 is 0 Å². The molecule has 0 spiro atoms. The predicted octanol–water partition coefficient (Wildman–Crippen LogP) is 3.39. The van der Waals surface area contributed by atoms with Crippen molar-refractivity contribution in [2.75, 3.05) is 0 Å². The summed E-state index contributed by atoms with van der Waals surface area (Å²) in [5.41, 5.74) is 0.575. The first-order valence-electron chi connectivity index (χ1n) is 5.90. The summed E-state index contributed by atoms with van der Waals surface area (Å²) in [6.07, 6.45) is 3.24. The third kappa shape index (κ3) is 1.83. The van der Waals surface area contributed by atoms with Crippen molar-refractivity contribution in [3.63, 3.8) is 0 Å². The lowest BCUT2D eigenvalue weighted by Crippen LogP contribution is -2.20. The van der Waals surface area contributed by atoms with Crippen molar-refractivity contribution in [1.29, 1.82) is 0 Å². The van der Waals surface area contributed by atoms with Crippen molar-refractivity contribution in [2.24, 2.45) is 0 Å². The molecule has 3 rings (SSSR count). The van der Waals surface area contributed by atoms with Gasteiger partial charge in [-0.3, -0.25) is 9.36 Å². The summed E-state index contributed by atoms with van der Waals surface area (Å²) in [5.74, 6) is 0. The molecule has 0 N–H and O–H groups in total. The molecule has 4 heteroatoms. The molecule has 0 saturated carbocycles. The first-order valence-corrected chi connectivity index (χ1v) is 6.28. The summed E-state index contributed by atoms with van der Waals surface area (Å²) in [5, 5.41) is 2.98. The van der Waals surface area contributed by atoms with Gasteiger partial charge in [0.15, 0.2) is 0 Å². The highest BCUT2D eigenvalue weighted by Crippen LogP contribution is 2.23. The summed E-state index contributed by atoms with van der Waals surface area (Å²) < 4.78 is 1.61. The Hall–Kier alpha value is -2.13. The van der Waals surface area contributed by atoms with Gasteiger partial charge in [0.1, 0.15) is 5.65 Å². The van der Waals surface area contributed by atoms with E-state index in [4.69, 9.17) is 11.6 Å². The fraction of sp³-hybridized carbons (Fsp3) is 0.0667. The van der Waals surface area contributed by atoms with Crippen LogP contribution in [0, 0.1) is 0 Å². The molecule has 0 unspecified atom stereocenters. The zero-order valence-electron chi connectivity index (χ0n) is 10.1. The van der Waals surface area contributed by atoms with E-state index in [1.165, 1.54) is 0 Å². The van der Waals surface area contributed by atoms with E-state index >= 15 is 0 Å². The largest absolute Gasteiger partial charge is 0.288 e. The van der Waals surface area contributed by atoms with Crippen LogP contribution >= 0.6 is 11.6 Å². The van der Waals surface area contributed by atoms with E-state index in [2.05, 4.69) is 11.6 Å². The number of hydrogen-bond donors (Lipinski definition) is 0. The lowest BCUT2D eigenvalue weighted by Gasteiger charge is -2.10. The van der Waals surface area contributed by atoms with Gasteiger partial charge in [0.25, 0.3) is 5.56 Å². The SMILES string of the molecule is C=CCn1c(=O)c2ccccc2c2cc(Cl)cnc21. The van der Waals surface area contributed by atoms with E-state index in [0.717, 1.165) is 10.8 Å². The maximum atomic E-state index is 12.5. The van der Waals surface area contributed by atoms with E-state index in [1.807, 2.05) is 30.3 Å². The molecule has 0 atom stereocenters. The van der Waals surface area contributed by atoms with E-state index in [1.54, 1.807) is 16.8 Å². The molecule has 3 aromatic rings. The van der Waals surface area contributed by atoms with Gasteiger partial charge in [-0.05, 0) is 17.5 Å². The minimum Gasteiger partial charge on any atom is -0.288 e. The Morgan fingerprint density at radius 2 is 2.00 bits per heavy atom. The number of allylic oxidation sites excluding steroid dienone is 1. The summed E-state index contributed by atoms with van der Waals surface area (Å²) in [4.78, 5) is 16.8. The number of nitrogens with zero attached hydrogens (tertiary/aromatic N) is 2. The molecule has 0 saturated heterocycles. The van der Waals surface area contributed by atoms with Crippen LogP contribution in [0.1, 0.15) is 0 Å².